The summed E-state index contributed by atoms with van der Waals surface area (Å²) in [6.07, 6.45) is 1.17. The van der Waals surface area contributed by atoms with Crippen LogP contribution in [0.15, 0.2) is 53.4 Å². The van der Waals surface area contributed by atoms with E-state index in [2.05, 4.69) is 5.32 Å². The summed E-state index contributed by atoms with van der Waals surface area (Å²) in [7, 11) is -3.50. The van der Waals surface area contributed by atoms with Gasteiger partial charge in [0, 0.05) is 19.1 Å². The summed E-state index contributed by atoms with van der Waals surface area (Å²) in [5, 5.41) is 2.93. The molecule has 150 valence electrons. The summed E-state index contributed by atoms with van der Waals surface area (Å²) in [4.78, 5) is 12.4. The molecule has 1 aliphatic heterocycles. The zero-order chi connectivity index (χ0) is 20.1. The molecule has 6 nitrogen and oxygen atoms in total. The van der Waals surface area contributed by atoms with Crippen LogP contribution in [0.5, 0.6) is 5.75 Å². The Balaban J connectivity index is 1.51. The van der Waals surface area contributed by atoms with Gasteiger partial charge in [-0.05, 0) is 62.1 Å². The number of para-hydroxylation sites is 1. The van der Waals surface area contributed by atoms with Crippen molar-refractivity contribution in [3.05, 3.63) is 59.7 Å². The van der Waals surface area contributed by atoms with Gasteiger partial charge >= 0.3 is 0 Å². The highest BCUT2D eigenvalue weighted by atomic mass is 32.2. The van der Waals surface area contributed by atoms with Crippen LogP contribution in [0.25, 0.3) is 0 Å². The molecule has 0 atom stereocenters. The van der Waals surface area contributed by atoms with Gasteiger partial charge in [-0.3, -0.25) is 4.79 Å². The van der Waals surface area contributed by atoms with Crippen LogP contribution in [0.2, 0.25) is 0 Å². The van der Waals surface area contributed by atoms with Gasteiger partial charge in [-0.15, -0.1) is 0 Å². The molecule has 2 aromatic rings. The van der Waals surface area contributed by atoms with Gasteiger partial charge in [0.1, 0.15) is 5.75 Å². The van der Waals surface area contributed by atoms with Crippen molar-refractivity contribution in [2.75, 3.05) is 19.7 Å². The second kappa shape index (κ2) is 8.75. The van der Waals surface area contributed by atoms with Gasteiger partial charge in [0.2, 0.25) is 10.0 Å². The van der Waals surface area contributed by atoms with Crippen LogP contribution in [0.3, 0.4) is 0 Å². The molecule has 7 heteroatoms. The van der Waals surface area contributed by atoms with E-state index in [4.69, 9.17) is 4.74 Å². The summed E-state index contributed by atoms with van der Waals surface area (Å²) in [6.45, 7) is 4.60. The molecule has 0 radical (unpaired) electrons. The first-order chi connectivity index (χ1) is 13.4. The number of ether oxygens (including phenoxy) is 1. The lowest BCUT2D eigenvalue weighted by Crippen LogP contribution is -2.47. The van der Waals surface area contributed by atoms with Gasteiger partial charge in [-0.25, -0.2) is 8.42 Å². The zero-order valence-electron chi connectivity index (χ0n) is 16.2. The summed E-state index contributed by atoms with van der Waals surface area (Å²) in [5.41, 5.74) is 2.03. The van der Waals surface area contributed by atoms with Crippen molar-refractivity contribution in [1.29, 1.82) is 0 Å². The maximum absolute atomic E-state index is 12.9. The van der Waals surface area contributed by atoms with E-state index in [0.717, 1.165) is 11.1 Å². The van der Waals surface area contributed by atoms with Crippen molar-refractivity contribution >= 4 is 15.9 Å². The number of hydrogen-bond acceptors (Lipinski definition) is 4. The average molecular weight is 403 g/mol. The quantitative estimate of drug-likeness (QED) is 0.806. The largest absolute Gasteiger partial charge is 0.484 e. The van der Waals surface area contributed by atoms with Gasteiger partial charge < -0.3 is 10.1 Å². The molecule has 1 fully saturated rings. The van der Waals surface area contributed by atoms with Crippen molar-refractivity contribution in [1.82, 2.24) is 9.62 Å². The van der Waals surface area contributed by atoms with E-state index in [1.807, 2.05) is 38.1 Å². The van der Waals surface area contributed by atoms with Crippen molar-refractivity contribution in [2.45, 2.75) is 37.6 Å². The number of amides is 1. The predicted molar refractivity (Wildman–Crippen MR) is 108 cm³/mol. The SMILES string of the molecule is Cc1ccc(S(=O)(=O)N2CCC(NC(=O)COc3ccccc3)CC2)cc1C. The highest BCUT2D eigenvalue weighted by molar-refractivity contribution is 7.89. The second-order valence-corrected chi connectivity index (χ2v) is 9.03. The van der Waals surface area contributed by atoms with Crippen LogP contribution >= 0.6 is 0 Å². The third-order valence-electron chi connectivity index (χ3n) is 5.05. The fourth-order valence-corrected chi connectivity index (χ4v) is 4.75. The van der Waals surface area contributed by atoms with E-state index in [1.54, 1.807) is 24.3 Å². The first-order valence-electron chi connectivity index (χ1n) is 9.41. The number of nitrogens with zero attached hydrogens (tertiary/aromatic N) is 1. The van der Waals surface area contributed by atoms with Gasteiger partial charge in [-0.1, -0.05) is 24.3 Å². The Morgan fingerprint density at radius 1 is 1.07 bits per heavy atom. The van der Waals surface area contributed by atoms with Gasteiger partial charge in [0.05, 0.1) is 4.90 Å². The second-order valence-electron chi connectivity index (χ2n) is 7.09. The summed E-state index contributed by atoms with van der Waals surface area (Å²) < 4.78 is 32.7. The predicted octanol–water partition coefficient (Wildman–Crippen LogP) is 2.65. The maximum atomic E-state index is 12.9. The number of piperidine rings is 1. The lowest BCUT2D eigenvalue weighted by molar-refractivity contribution is -0.124. The molecule has 0 unspecified atom stereocenters. The number of aryl methyl sites for hydroxylation is 2. The van der Waals surface area contributed by atoms with Crippen molar-refractivity contribution in [2.24, 2.45) is 0 Å². The van der Waals surface area contributed by atoms with Crippen LogP contribution in [0.4, 0.5) is 0 Å². The number of nitrogens with one attached hydrogen (secondary N) is 1. The van der Waals surface area contributed by atoms with Gasteiger partial charge in [-0.2, -0.15) is 4.31 Å². The van der Waals surface area contributed by atoms with Gasteiger partial charge in [0.25, 0.3) is 5.91 Å². The van der Waals surface area contributed by atoms with Crippen LogP contribution in [-0.2, 0) is 14.8 Å². The molecule has 1 aliphatic rings. The normalized spacial score (nSPS) is 15.9. The first-order valence-corrected chi connectivity index (χ1v) is 10.8. The van der Waals surface area contributed by atoms with Crippen molar-refractivity contribution in [3.8, 4) is 5.75 Å². The molecule has 0 bridgehead atoms. The molecular weight excluding hydrogens is 376 g/mol. The van der Waals surface area contributed by atoms with Crippen molar-refractivity contribution < 1.29 is 17.9 Å². The van der Waals surface area contributed by atoms with E-state index in [0.29, 0.717) is 36.6 Å². The standard InChI is InChI=1S/C21H26N2O4S/c1-16-8-9-20(14-17(16)2)28(25,26)23-12-10-18(11-13-23)22-21(24)15-27-19-6-4-3-5-7-19/h3-9,14,18H,10-13,15H2,1-2H3,(H,22,24). The molecule has 1 amide bonds. The highest BCUT2D eigenvalue weighted by Gasteiger charge is 2.30. The van der Waals surface area contributed by atoms with Gasteiger partial charge in [0.15, 0.2) is 6.61 Å². The Kier molecular flexibility index (Phi) is 6.36. The van der Waals surface area contributed by atoms with Crippen LogP contribution in [-0.4, -0.2) is 44.4 Å². The molecule has 0 saturated carbocycles. The van der Waals surface area contributed by atoms with Crippen LogP contribution < -0.4 is 10.1 Å². The number of hydrogen-bond donors (Lipinski definition) is 1. The highest BCUT2D eigenvalue weighted by Crippen LogP contribution is 2.22. The van der Waals surface area contributed by atoms with Crippen LogP contribution in [0.1, 0.15) is 24.0 Å². The molecular formula is C21H26N2O4S. The fourth-order valence-electron chi connectivity index (χ4n) is 3.20. The number of benzene rings is 2. The van der Waals surface area contributed by atoms with Crippen LogP contribution in [0, 0.1) is 13.8 Å². The molecule has 0 spiro atoms. The van der Waals surface area contributed by atoms with E-state index < -0.39 is 10.0 Å². The number of rotatable bonds is 6. The maximum Gasteiger partial charge on any atom is 0.258 e. The molecule has 0 aliphatic carbocycles. The first kappa shape index (κ1) is 20.4. The van der Waals surface area contributed by atoms with E-state index in [-0.39, 0.29) is 18.6 Å². The summed E-state index contributed by atoms with van der Waals surface area (Å²) in [5.74, 6) is 0.450. The minimum Gasteiger partial charge on any atom is -0.484 e. The molecule has 1 N–H and O–H groups in total. The Hall–Kier alpha value is -2.38. The third-order valence-corrected chi connectivity index (χ3v) is 6.94. The molecule has 0 aromatic heterocycles. The minimum atomic E-state index is -3.50. The third kappa shape index (κ3) is 4.91. The zero-order valence-corrected chi connectivity index (χ0v) is 17.0. The monoisotopic (exact) mass is 402 g/mol. The summed E-state index contributed by atoms with van der Waals surface area (Å²) >= 11 is 0. The Bertz CT molecular complexity index is 921. The smallest absolute Gasteiger partial charge is 0.258 e. The molecule has 1 saturated heterocycles. The Labute approximate surface area is 166 Å². The minimum absolute atomic E-state index is 0.0434. The summed E-state index contributed by atoms with van der Waals surface area (Å²) in [6, 6.07) is 14.3. The molecule has 28 heavy (non-hydrogen) atoms. The molecule has 3 rings (SSSR count). The van der Waals surface area contributed by atoms with Crippen molar-refractivity contribution in [3.63, 3.8) is 0 Å². The van der Waals surface area contributed by atoms with E-state index in [9.17, 15) is 13.2 Å². The Morgan fingerprint density at radius 3 is 2.39 bits per heavy atom. The Morgan fingerprint density at radius 2 is 1.75 bits per heavy atom. The molecule has 1 heterocycles. The lowest BCUT2D eigenvalue weighted by atomic mass is 10.1. The topological polar surface area (TPSA) is 75.7 Å². The molecule has 2 aromatic carbocycles. The average Bonchev–Trinajstić information content (AvgIpc) is 2.69. The fraction of sp³-hybridized carbons (Fsp3) is 0.381. The number of carbonyl (C=O) groups excluding carboxylic acids is 1. The van der Waals surface area contributed by atoms with E-state index >= 15 is 0 Å². The van der Waals surface area contributed by atoms with E-state index in [1.165, 1.54) is 4.31 Å². The number of carbonyl (C=O) groups is 1. The lowest BCUT2D eigenvalue weighted by Gasteiger charge is -2.31. The number of sulfonamides is 1.